The number of piperidine rings is 1. The second-order valence-electron chi connectivity index (χ2n) is 9.87. The van der Waals surface area contributed by atoms with Crippen molar-refractivity contribution in [2.24, 2.45) is 0 Å². The number of anilines is 2. The molecule has 0 atom stereocenters. The van der Waals surface area contributed by atoms with Crippen molar-refractivity contribution < 1.29 is 9.53 Å². The number of benzene rings is 2. The van der Waals surface area contributed by atoms with E-state index in [0.29, 0.717) is 18.2 Å². The zero-order chi connectivity index (χ0) is 25.3. The van der Waals surface area contributed by atoms with Crippen LogP contribution in [0.5, 0.6) is 0 Å². The summed E-state index contributed by atoms with van der Waals surface area (Å²) in [6.07, 6.45) is 4.27. The third-order valence-corrected chi connectivity index (χ3v) is 7.71. The first-order chi connectivity index (χ1) is 17.5. The minimum absolute atomic E-state index is 0. The molecule has 0 amide bonds. The van der Waals surface area contributed by atoms with Crippen LogP contribution in [0.1, 0.15) is 56.0 Å². The van der Waals surface area contributed by atoms with Gasteiger partial charge in [0.25, 0.3) is 0 Å². The first kappa shape index (κ1) is 28.9. The Kier molecular flexibility index (Phi) is 11.2. The first-order valence-electron chi connectivity index (χ1n) is 13.4. The Morgan fingerprint density at radius 1 is 0.973 bits per heavy atom. The predicted molar refractivity (Wildman–Crippen MR) is 159 cm³/mol. The van der Waals surface area contributed by atoms with Crippen LogP contribution in [-0.4, -0.2) is 79.2 Å². The number of carbonyl (C=O) groups excluding carboxylic acids is 1. The Bertz CT molecular complexity index is 980. The van der Waals surface area contributed by atoms with Crippen LogP contribution >= 0.6 is 12.2 Å². The number of ether oxygens (including phenoxy) is 1. The first-order valence-corrected chi connectivity index (χ1v) is 13.8. The average molecular weight is 525 g/mol. The molecule has 0 aliphatic carbocycles. The largest absolute Gasteiger partial charge is 0.462 e. The Morgan fingerprint density at radius 2 is 1.62 bits per heavy atom. The maximum atomic E-state index is 11.8. The number of nitrogens with one attached hydrogen (secondary N) is 1. The van der Waals surface area contributed by atoms with E-state index in [9.17, 15) is 4.79 Å². The van der Waals surface area contributed by atoms with Crippen molar-refractivity contribution in [3.8, 4) is 0 Å². The molecule has 0 aromatic heterocycles. The van der Waals surface area contributed by atoms with E-state index in [4.69, 9.17) is 17.0 Å². The fourth-order valence-electron chi connectivity index (χ4n) is 5.02. The molecule has 0 unspecified atom stereocenters. The molecule has 202 valence electrons. The molecule has 2 aromatic carbocycles. The molecule has 6 nitrogen and oxygen atoms in total. The lowest BCUT2D eigenvalue weighted by Crippen LogP contribution is -2.47. The van der Waals surface area contributed by atoms with Gasteiger partial charge in [-0.2, -0.15) is 0 Å². The molecule has 0 bridgehead atoms. The van der Waals surface area contributed by atoms with E-state index >= 15 is 0 Å². The van der Waals surface area contributed by atoms with Crippen LogP contribution < -0.4 is 10.2 Å². The van der Waals surface area contributed by atoms with E-state index in [1.807, 2.05) is 31.2 Å². The topological polar surface area (TPSA) is 48.1 Å². The van der Waals surface area contributed by atoms with Gasteiger partial charge in [0.05, 0.1) is 17.2 Å². The molecule has 2 heterocycles. The lowest BCUT2D eigenvalue weighted by molar-refractivity contribution is 0.0526. The van der Waals surface area contributed by atoms with Crippen LogP contribution in [0.15, 0.2) is 48.5 Å². The summed E-state index contributed by atoms with van der Waals surface area (Å²) in [6, 6.07) is 16.9. The number of hydrogen-bond acceptors (Lipinski definition) is 6. The van der Waals surface area contributed by atoms with E-state index in [0.717, 1.165) is 82.2 Å². The van der Waals surface area contributed by atoms with E-state index in [-0.39, 0.29) is 13.4 Å². The summed E-state index contributed by atoms with van der Waals surface area (Å²) >= 11 is 5.80. The lowest BCUT2D eigenvalue weighted by atomic mass is 10.0. The molecule has 0 spiro atoms. The maximum absolute atomic E-state index is 11.8. The minimum Gasteiger partial charge on any atom is -0.462 e. The molecule has 4 rings (SSSR count). The van der Waals surface area contributed by atoms with Gasteiger partial charge in [-0.05, 0) is 82.5 Å². The molecule has 1 N–H and O–H groups in total. The molecule has 2 fully saturated rings. The van der Waals surface area contributed by atoms with Gasteiger partial charge in [-0.3, -0.25) is 4.90 Å². The molecule has 2 aromatic rings. The van der Waals surface area contributed by atoms with Crippen LogP contribution in [-0.2, 0) is 4.74 Å². The number of aryl methyl sites for hydroxylation is 1. The van der Waals surface area contributed by atoms with Gasteiger partial charge in [0.1, 0.15) is 0 Å². The molecule has 7 heteroatoms. The van der Waals surface area contributed by atoms with E-state index in [2.05, 4.69) is 51.2 Å². The predicted octanol–water partition coefficient (Wildman–Crippen LogP) is 5.61. The summed E-state index contributed by atoms with van der Waals surface area (Å²) in [7, 11) is 0. The summed E-state index contributed by atoms with van der Waals surface area (Å²) in [6.45, 7) is 11.9. The number of carbonyl (C=O) groups is 1. The molecule has 37 heavy (non-hydrogen) atoms. The third-order valence-electron chi connectivity index (χ3n) is 7.25. The Morgan fingerprint density at radius 3 is 2.24 bits per heavy atom. The second-order valence-corrected chi connectivity index (χ2v) is 10.3. The van der Waals surface area contributed by atoms with Gasteiger partial charge in [-0.1, -0.05) is 37.3 Å². The Balaban J connectivity index is 0.00000380. The molecular weight excluding hydrogens is 480 g/mol. The van der Waals surface area contributed by atoms with Crippen molar-refractivity contribution in [1.82, 2.24) is 9.80 Å². The quantitative estimate of drug-likeness (QED) is 0.338. The highest BCUT2D eigenvalue weighted by Gasteiger charge is 2.22. The Hall–Kier alpha value is -2.64. The summed E-state index contributed by atoms with van der Waals surface area (Å²) in [5, 5.41) is 3.61. The number of thiocarbonyl (C=S) groups is 1. The van der Waals surface area contributed by atoms with Gasteiger partial charge in [0.2, 0.25) is 0 Å². The minimum atomic E-state index is -0.268. The number of rotatable bonds is 9. The number of piperazine rings is 1. The molecule has 0 radical (unpaired) electrons. The van der Waals surface area contributed by atoms with Crippen LogP contribution in [0.3, 0.4) is 0 Å². The third kappa shape index (κ3) is 8.44. The monoisotopic (exact) mass is 524 g/mol. The number of likely N-dealkylation sites (tertiary alicyclic amines) is 1. The lowest BCUT2D eigenvalue weighted by Gasteiger charge is -2.37. The summed E-state index contributed by atoms with van der Waals surface area (Å²) < 4.78 is 5.06. The zero-order valence-electron chi connectivity index (χ0n) is 21.7. The van der Waals surface area contributed by atoms with E-state index < -0.39 is 0 Å². The van der Waals surface area contributed by atoms with Crippen molar-refractivity contribution in [1.29, 1.82) is 0 Å². The summed E-state index contributed by atoms with van der Waals surface area (Å²) in [5.74, 6) is -0.268. The SMILES string of the molecule is C.CCOC(=O)c1ccc(NC2CCN(C(=S)CCCN3CCN(c4ccc(C)cc4)CC3)CC2)cc1. The van der Waals surface area contributed by atoms with Crippen LogP contribution in [0.4, 0.5) is 11.4 Å². The summed E-state index contributed by atoms with van der Waals surface area (Å²) in [4.78, 5) is 20.4. The smallest absolute Gasteiger partial charge is 0.338 e. The normalized spacial score (nSPS) is 16.7. The molecule has 2 saturated heterocycles. The van der Waals surface area contributed by atoms with Crippen LogP contribution in [0.2, 0.25) is 0 Å². The Labute approximate surface area is 229 Å². The van der Waals surface area contributed by atoms with Gasteiger partial charge in [0, 0.05) is 56.7 Å². The average Bonchev–Trinajstić information content (AvgIpc) is 2.90. The van der Waals surface area contributed by atoms with Gasteiger partial charge >= 0.3 is 5.97 Å². The van der Waals surface area contributed by atoms with Gasteiger partial charge in [-0.15, -0.1) is 0 Å². The van der Waals surface area contributed by atoms with Crippen LogP contribution in [0.25, 0.3) is 0 Å². The maximum Gasteiger partial charge on any atom is 0.338 e. The van der Waals surface area contributed by atoms with Crippen LogP contribution in [0, 0.1) is 6.92 Å². The molecule has 2 aliphatic heterocycles. The van der Waals surface area contributed by atoms with Crippen molar-refractivity contribution in [3.63, 3.8) is 0 Å². The zero-order valence-corrected chi connectivity index (χ0v) is 22.6. The molecular formula is C30H44N4O2S. The fourth-order valence-corrected chi connectivity index (χ4v) is 5.35. The summed E-state index contributed by atoms with van der Waals surface area (Å²) in [5.41, 5.74) is 4.30. The van der Waals surface area contributed by atoms with Crippen molar-refractivity contribution in [3.05, 3.63) is 59.7 Å². The van der Waals surface area contributed by atoms with E-state index in [1.165, 1.54) is 11.3 Å². The highest BCUT2D eigenvalue weighted by Crippen LogP contribution is 2.20. The number of esters is 1. The van der Waals surface area contributed by atoms with Crippen molar-refractivity contribution in [2.75, 3.05) is 62.6 Å². The van der Waals surface area contributed by atoms with Gasteiger partial charge in [-0.25, -0.2) is 4.79 Å². The highest BCUT2D eigenvalue weighted by molar-refractivity contribution is 7.80. The fraction of sp³-hybridized carbons (Fsp3) is 0.533. The van der Waals surface area contributed by atoms with Crippen molar-refractivity contribution in [2.45, 2.75) is 53.0 Å². The standard InChI is InChI=1S/C29H40N4O2S.CH4/c1-3-35-29(34)24-8-10-25(11-9-24)30-26-14-17-33(18-15-26)28(36)5-4-16-31-19-21-32(22-20-31)27-12-6-23(2)7-13-27;/h6-13,26,30H,3-5,14-22H2,1-2H3;1H4. The molecule has 2 aliphatic rings. The highest BCUT2D eigenvalue weighted by atomic mass is 32.1. The van der Waals surface area contributed by atoms with E-state index in [1.54, 1.807) is 0 Å². The van der Waals surface area contributed by atoms with Crippen molar-refractivity contribution >= 4 is 34.6 Å². The second kappa shape index (κ2) is 14.3. The van der Waals surface area contributed by atoms with Gasteiger partial charge < -0.3 is 19.9 Å². The van der Waals surface area contributed by atoms with Gasteiger partial charge in [0.15, 0.2) is 0 Å². The number of nitrogens with zero attached hydrogens (tertiary/aromatic N) is 3. The molecule has 0 saturated carbocycles. The number of hydrogen-bond donors (Lipinski definition) is 1.